The van der Waals surface area contributed by atoms with Crippen LogP contribution in [0.25, 0.3) is 0 Å². The average Bonchev–Trinajstić information content (AvgIpc) is 3.15. The number of methoxy groups -OCH3 is 1. The molecule has 1 unspecified atom stereocenters. The first-order valence-electron chi connectivity index (χ1n) is 6.67. The van der Waals surface area contributed by atoms with Gasteiger partial charge in [0, 0.05) is 25.6 Å². The lowest BCUT2D eigenvalue weighted by atomic mass is 10.0. The minimum absolute atomic E-state index is 0.188. The lowest BCUT2D eigenvalue weighted by Crippen LogP contribution is -2.36. The highest BCUT2D eigenvalue weighted by Gasteiger charge is 2.29. The van der Waals surface area contributed by atoms with Crippen molar-refractivity contribution in [1.29, 1.82) is 0 Å². The Hall–Kier alpha value is -2.28. The van der Waals surface area contributed by atoms with Gasteiger partial charge in [-0.3, -0.25) is 4.79 Å². The van der Waals surface area contributed by atoms with Gasteiger partial charge in [-0.25, -0.2) is 0 Å². The molecule has 0 fully saturated rings. The molecule has 1 aromatic carbocycles. The molecule has 0 saturated heterocycles. The molecule has 2 aliphatic rings. The van der Waals surface area contributed by atoms with Gasteiger partial charge in [-0.1, -0.05) is 5.16 Å². The number of hydrogen-bond acceptors (Lipinski definition) is 6. The van der Waals surface area contributed by atoms with Crippen molar-refractivity contribution in [2.45, 2.75) is 12.5 Å². The number of rotatable bonds is 5. The molecule has 0 spiro atoms. The third-order valence-electron chi connectivity index (χ3n) is 3.27. The number of carbonyl (C=O) groups is 1. The number of nitrogens with zero attached hydrogens (tertiary/aromatic N) is 1. The maximum Gasteiger partial charge on any atom is 0.264 e. The number of carbonyl (C=O) groups excluding carboxylic acids is 1. The zero-order valence-electron chi connectivity index (χ0n) is 11.6. The van der Waals surface area contributed by atoms with E-state index in [0.29, 0.717) is 31.1 Å². The molecule has 21 heavy (non-hydrogen) atoms. The van der Waals surface area contributed by atoms with E-state index in [-0.39, 0.29) is 12.7 Å². The molecule has 3 rings (SSSR count). The predicted octanol–water partition coefficient (Wildman–Crippen LogP) is 0.671. The Kier molecular flexibility index (Phi) is 3.92. The molecule has 0 radical (unpaired) electrons. The topological polar surface area (TPSA) is 78.4 Å². The van der Waals surface area contributed by atoms with Crippen LogP contribution < -0.4 is 14.8 Å². The smallest absolute Gasteiger partial charge is 0.264 e. The van der Waals surface area contributed by atoms with Crippen molar-refractivity contribution in [2.24, 2.45) is 5.16 Å². The fourth-order valence-electron chi connectivity index (χ4n) is 2.15. The number of hydrogen-bond donors (Lipinski definition) is 1. The van der Waals surface area contributed by atoms with E-state index >= 15 is 0 Å². The summed E-state index contributed by atoms with van der Waals surface area (Å²) in [4.78, 5) is 17.1. The van der Waals surface area contributed by atoms with Gasteiger partial charge in [0.25, 0.3) is 5.91 Å². The van der Waals surface area contributed by atoms with Crippen molar-refractivity contribution in [2.75, 3.05) is 27.1 Å². The summed E-state index contributed by atoms with van der Waals surface area (Å²) in [6, 6.07) is 5.54. The van der Waals surface area contributed by atoms with Gasteiger partial charge >= 0.3 is 0 Å². The van der Waals surface area contributed by atoms with Gasteiger partial charge < -0.3 is 24.4 Å². The quantitative estimate of drug-likeness (QED) is 0.807. The highest BCUT2D eigenvalue weighted by molar-refractivity contribution is 6.04. The molecule has 112 valence electrons. The minimum Gasteiger partial charge on any atom is -0.454 e. The van der Waals surface area contributed by atoms with Gasteiger partial charge in [0.05, 0.1) is 12.3 Å². The van der Waals surface area contributed by atoms with Crippen LogP contribution in [-0.4, -0.2) is 44.8 Å². The van der Waals surface area contributed by atoms with Crippen LogP contribution in [0.4, 0.5) is 0 Å². The van der Waals surface area contributed by atoms with E-state index in [9.17, 15) is 4.79 Å². The second-order valence-corrected chi connectivity index (χ2v) is 4.69. The summed E-state index contributed by atoms with van der Waals surface area (Å²) in [7, 11) is 1.58. The highest BCUT2D eigenvalue weighted by Crippen LogP contribution is 2.33. The van der Waals surface area contributed by atoms with Crippen molar-refractivity contribution in [1.82, 2.24) is 5.32 Å². The first kappa shape index (κ1) is 13.7. The summed E-state index contributed by atoms with van der Waals surface area (Å²) >= 11 is 0. The lowest BCUT2D eigenvalue weighted by Gasteiger charge is -2.08. The van der Waals surface area contributed by atoms with Crippen LogP contribution >= 0.6 is 0 Å². The maximum absolute atomic E-state index is 11.9. The van der Waals surface area contributed by atoms with Crippen LogP contribution in [0.3, 0.4) is 0 Å². The van der Waals surface area contributed by atoms with Crippen LogP contribution in [0.1, 0.15) is 12.0 Å². The number of oxime groups is 1. The molecule has 1 N–H and O–H groups in total. The lowest BCUT2D eigenvalue weighted by molar-refractivity contribution is -0.131. The molecule has 2 aliphatic heterocycles. The fourth-order valence-corrected chi connectivity index (χ4v) is 2.15. The van der Waals surface area contributed by atoms with E-state index in [2.05, 4.69) is 10.5 Å². The van der Waals surface area contributed by atoms with Crippen LogP contribution in [-0.2, 0) is 14.4 Å². The summed E-state index contributed by atoms with van der Waals surface area (Å²) in [5.41, 5.74) is 1.59. The highest BCUT2D eigenvalue weighted by atomic mass is 16.7. The van der Waals surface area contributed by atoms with Crippen molar-refractivity contribution in [3.8, 4) is 11.5 Å². The largest absolute Gasteiger partial charge is 0.454 e. The Morgan fingerprint density at radius 3 is 3.14 bits per heavy atom. The van der Waals surface area contributed by atoms with Crippen molar-refractivity contribution in [3.63, 3.8) is 0 Å². The fraction of sp³-hybridized carbons (Fsp3) is 0.429. The molecule has 0 aromatic heterocycles. The second-order valence-electron chi connectivity index (χ2n) is 4.69. The van der Waals surface area contributed by atoms with Crippen LogP contribution in [0, 0.1) is 0 Å². The zero-order chi connectivity index (χ0) is 14.7. The number of benzene rings is 1. The molecule has 7 heteroatoms. The second kappa shape index (κ2) is 6.01. The normalized spacial score (nSPS) is 19.1. The molecule has 0 bridgehead atoms. The number of nitrogens with one attached hydrogen (secondary N) is 1. The molecular weight excluding hydrogens is 276 g/mol. The molecule has 1 atom stereocenters. The Morgan fingerprint density at radius 2 is 2.29 bits per heavy atom. The van der Waals surface area contributed by atoms with Gasteiger partial charge in [-0.15, -0.1) is 0 Å². The Bertz CT molecular complexity index is 572. The molecular formula is C14H16N2O5. The van der Waals surface area contributed by atoms with E-state index in [4.69, 9.17) is 19.0 Å². The molecule has 1 aromatic rings. The van der Waals surface area contributed by atoms with Gasteiger partial charge in [-0.2, -0.15) is 0 Å². The van der Waals surface area contributed by atoms with Gasteiger partial charge in [-0.05, 0) is 18.2 Å². The zero-order valence-corrected chi connectivity index (χ0v) is 11.6. The third kappa shape index (κ3) is 2.92. The number of fused-ring (bicyclic) bond motifs is 1. The first-order chi connectivity index (χ1) is 10.3. The Labute approximate surface area is 121 Å². The molecule has 2 heterocycles. The van der Waals surface area contributed by atoms with E-state index in [1.54, 1.807) is 7.11 Å². The van der Waals surface area contributed by atoms with Crippen molar-refractivity contribution < 1.29 is 23.8 Å². The van der Waals surface area contributed by atoms with Crippen LogP contribution in [0.2, 0.25) is 0 Å². The first-order valence-corrected chi connectivity index (χ1v) is 6.67. The maximum atomic E-state index is 11.9. The summed E-state index contributed by atoms with van der Waals surface area (Å²) in [6.07, 6.45) is -0.166. The van der Waals surface area contributed by atoms with Gasteiger partial charge in [0.1, 0.15) is 0 Å². The monoisotopic (exact) mass is 292 g/mol. The standard InChI is InChI=1S/C14H16N2O5/c1-18-5-4-15-14(17)13-7-10(16-21-13)9-2-3-11-12(6-9)20-8-19-11/h2-3,6,13H,4-5,7-8H2,1H3,(H,15,17). The summed E-state index contributed by atoms with van der Waals surface area (Å²) < 4.78 is 15.5. The molecule has 7 nitrogen and oxygen atoms in total. The van der Waals surface area contributed by atoms with Gasteiger partial charge in [0.15, 0.2) is 11.5 Å². The Morgan fingerprint density at radius 1 is 1.43 bits per heavy atom. The van der Waals surface area contributed by atoms with Crippen LogP contribution in [0.5, 0.6) is 11.5 Å². The predicted molar refractivity (Wildman–Crippen MR) is 73.5 cm³/mol. The van der Waals surface area contributed by atoms with E-state index in [1.165, 1.54) is 0 Å². The summed E-state index contributed by atoms with van der Waals surface area (Å²) in [5.74, 6) is 1.21. The third-order valence-corrected chi connectivity index (χ3v) is 3.27. The van der Waals surface area contributed by atoms with Crippen LogP contribution in [0.15, 0.2) is 23.4 Å². The minimum atomic E-state index is -0.595. The SMILES string of the molecule is COCCNC(=O)C1CC(c2ccc3c(c2)OCO3)=NO1. The molecule has 0 saturated carbocycles. The Balaban J connectivity index is 1.60. The molecule has 0 aliphatic carbocycles. The molecule has 1 amide bonds. The van der Waals surface area contributed by atoms with E-state index in [0.717, 1.165) is 11.3 Å². The summed E-state index contributed by atoms with van der Waals surface area (Å²) in [6.45, 7) is 1.15. The van der Waals surface area contributed by atoms with Gasteiger partial charge in [0.2, 0.25) is 12.9 Å². The van der Waals surface area contributed by atoms with E-state index < -0.39 is 6.10 Å². The number of ether oxygens (including phenoxy) is 3. The average molecular weight is 292 g/mol. The number of amides is 1. The van der Waals surface area contributed by atoms with E-state index in [1.807, 2.05) is 18.2 Å². The summed E-state index contributed by atoms with van der Waals surface area (Å²) in [5, 5.41) is 6.72. The van der Waals surface area contributed by atoms with Crippen molar-refractivity contribution in [3.05, 3.63) is 23.8 Å². The van der Waals surface area contributed by atoms with Crippen molar-refractivity contribution >= 4 is 11.6 Å².